The van der Waals surface area contributed by atoms with Crippen LogP contribution >= 0.6 is 0 Å². The van der Waals surface area contributed by atoms with E-state index in [0.29, 0.717) is 0 Å². The van der Waals surface area contributed by atoms with Crippen molar-refractivity contribution in [2.75, 3.05) is 26.2 Å². The molecule has 26 heavy (non-hydrogen) atoms. The Bertz CT molecular complexity index is 655. The van der Waals surface area contributed by atoms with Crippen molar-refractivity contribution < 1.29 is 37.9 Å². The molecule has 10 nitrogen and oxygen atoms in total. The van der Waals surface area contributed by atoms with Gasteiger partial charge in [0.15, 0.2) is 18.1 Å². The third-order valence-electron chi connectivity index (χ3n) is 3.87. The minimum Gasteiger partial charge on any atom is -0.465 e. The van der Waals surface area contributed by atoms with Crippen LogP contribution in [0.3, 0.4) is 0 Å². The third-order valence-corrected chi connectivity index (χ3v) is 3.87. The summed E-state index contributed by atoms with van der Waals surface area (Å²) in [6.45, 7) is 1.40. The van der Waals surface area contributed by atoms with Crippen molar-refractivity contribution in [2.24, 2.45) is 0 Å². The van der Waals surface area contributed by atoms with Crippen molar-refractivity contribution in [1.82, 2.24) is 15.4 Å². The molecule has 0 bridgehead atoms. The normalized spacial score (nSPS) is 16.0. The maximum Gasteiger partial charge on any atom is 0.407 e. The molecule has 2 amide bonds. The van der Waals surface area contributed by atoms with Crippen LogP contribution in [0.5, 0.6) is 0 Å². The van der Waals surface area contributed by atoms with Crippen molar-refractivity contribution in [1.29, 1.82) is 0 Å². The highest BCUT2D eigenvalue weighted by atomic mass is 19.1. The quantitative estimate of drug-likeness (QED) is 0.718. The average molecular weight is 373 g/mol. The highest BCUT2D eigenvalue weighted by Gasteiger charge is 2.36. The van der Waals surface area contributed by atoms with E-state index in [-0.39, 0.29) is 57.1 Å². The Labute approximate surface area is 148 Å². The van der Waals surface area contributed by atoms with Crippen LogP contribution in [0.4, 0.5) is 14.0 Å². The summed E-state index contributed by atoms with van der Waals surface area (Å²) in [4.78, 5) is 35.0. The molecule has 1 aromatic heterocycles. The summed E-state index contributed by atoms with van der Waals surface area (Å²) in [7, 11) is 0. The predicted octanol–water partition coefficient (Wildman–Crippen LogP) is 1.56. The number of alkyl halides is 1. The van der Waals surface area contributed by atoms with Crippen molar-refractivity contribution in [3.05, 3.63) is 17.5 Å². The van der Waals surface area contributed by atoms with Crippen LogP contribution in [-0.2, 0) is 16.1 Å². The zero-order valence-corrected chi connectivity index (χ0v) is 14.2. The summed E-state index contributed by atoms with van der Waals surface area (Å²) >= 11 is 0. The minimum atomic E-state index is -1.69. The number of hydrogen-bond acceptors (Lipinski definition) is 7. The fourth-order valence-corrected chi connectivity index (χ4v) is 2.38. The van der Waals surface area contributed by atoms with E-state index in [0.717, 1.165) is 4.90 Å². The lowest BCUT2D eigenvalue weighted by molar-refractivity contribution is 0.0513. The van der Waals surface area contributed by atoms with Crippen LogP contribution in [0, 0.1) is 0 Å². The highest BCUT2D eigenvalue weighted by Crippen LogP contribution is 2.25. The number of hydrogen-bond donors (Lipinski definition) is 2. The van der Waals surface area contributed by atoms with Gasteiger partial charge >= 0.3 is 18.2 Å². The number of carbonyl (C=O) groups is 3. The first kappa shape index (κ1) is 19.5. The number of halogens is 1. The summed E-state index contributed by atoms with van der Waals surface area (Å²) in [5.74, 6) is -0.521. The third kappa shape index (κ3) is 5.33. The number of nitrogens with one attached hydrogen (secondary N) is 1. The molecular formula is C15H20FN3O7. The Morgan fingerprint density at radius 2 is 2.08 bits per heavy atom. The number of rotatable bonds is 6. The Balaban J connectivity index is 1.72. The molecule has 0 saturated carbocycles. The van der Waals surface area contributed by atoms with Gasteiger partial charge in [0.1, 0.15) is 5.67 Å². The second kappa shape index (κ2) is 8.50. The number of esters is 1. The lowest BCUT2D eigenvalue weighted by Crippen LogP contribution is -2.49. The largest absolute Gasteiger partial charge is 0.465 e. The number of ether oxygens (including phenoxy) is 2. The number of nitrogens with zero attached hydrogens (tertiary/aromatic N) is 2. The molecule has 0 aromatic carbocycles. The molecule has 2 heterocycles. The molecule has 11 heteroatoms. The summed E-state index contributed by atoms with van der Waals surface area (Å²) in [5.41, 5.74) is -1.73. The van der Waals surface area contributed by atoms with Crippen molar-refractivity contribution in [2.45, 2.75) is 32.0 Å². The van der Waals surface area contributed by atoms with Gasteiger partial charge in [-0.05, 0) is 6.92 Å². The molecule has 1 fully saturated rings. The Kier molecular flexibility index (Phi) is 6.36. The smallest absolute Gasteiger partial charge is 0.407 e. The highest BCUT2D eigenvalue weighted by molar-refractivity contribution is 5.87. The van der Waals surface area contributed by atoms with Gasteiger partial charge in [-0.25, -0.2) is 18.8 Å². The van der Waals surface area contributed by atoms with Gasteiger partial charge in [-0.3, -0.25) is 0 Å². The number of carboxylic acid groups (broad SMARTS) is 1. The predicted molar refractivity (Wildman–Crippen MR) is 83.3 cm³/mol. The first-order valence-electron chi connectivity index (χ1n) is 8.03. The van der Waals surface area contributed by atoms with Crippen LogP contribution in [0.2, 0.25) is 0 Å². The zero-order chi connectivity index (χ0) is 19.2. The van der Waals surface area contributed by atoms with Gasteiger partial charge in [-0.15, -0.1) is 0 Å². The van der Waals surface area contributed by atoms with Crippen LogP contribution in [0.15, 0.2) is 10.6 Å². The molecular weight excluding hydrogens is 353 g/mol. The molecule has 0 aliphatic carbocycles. The van der Waals surface area contributed by atoms with Crippen LogP contribution < -0.4 is 5.32 Å². The molecule has 0 spiro atoms. The minimum absolute atomic E-state index is 0.00934. The van der Waals surface area contributed by atoms with Crippen molar-refractivity contribution in [3.63, 3.8) is 0 Å². The lowest BCUT2D eigenvalue weighted by atomic mass is 9.93. The number of carbonyl (C=O) groups excluding carboxylic acids is 2. The van der Waals surface area contributed by atoms with Gasteiger partial charge in [0.25, 0.3) is 0 Å². The van der Waals surface area contributed by atoms with Crippen molar-refractivity contribution in [3.8, 4) is 0 Å². The Morgan fingerprint density at radius 3 is 2.69 bits per heavy atom. The van der Waals surface area contributed by atoms with Crippen LogP contribution in [-0.4, -0.2) is 65.2 Å². The lowest BCUT2D eigenvalue weighted by Gasteiger charge is -2.34. The standard InChI is InChI=1S/C15H20FN3O7/c1-2-24-12(20)11-7-10(26-18-11)8-25-13(21)17-9-15(16)3-5-19(6-4-15)14(22)23/h7H,2-6,8-9H2,1H3,(H,17,21)(H,22,23). The first-order valence-corrected chi connectivity index (χ1v) is 8.03. The summed E-state index contributed by atoms with van der Waals surface area (Å²) in [6.07, 6.45) is -1.97. The van der Waals surface area contributed by atoms with E-state index in [1.54, 1.807) is 6.92 Å². The Morgan fingerprint density at radius 1 is 1.38 bits per heavy atom. The molecule has 0 radical (unpaired) electrons. The van der Waals surface area contributed by atoms with Crippen molar-refractivity contribution >= 4 is 18.2 Å². The maximum atomic E-state index is 14.5. The van der Waals surface area contributed by atoms with E-state index in [1.807, 2.05) is 0 Å². The van der Waals surface area contributed by atoms with Gasteiger partial charge in [0.2, 0.25) is 0 Å². The number of alkyl carbamates (subject to hydrolysis) is 1. The van der Waals surface area contributed by atoms with E-state index in [4.69, 9.17) is 19.1 Å². The average Bonchev–Trinajstić information content (AvgIpc) is 3.08. The molecule has 1 aliphatic rings. The fraction of sp³-hybridized carbons (Fsp3) is 0.600. The second-order valence-corrected chi connectivity index (χ2v) is 5.75. The first-order chi connectivity index (χ1) is 12.3. The van der Waals surface area contributed by atoms with E-state index in [2.05, 4.69) is 10.5 Å². The molecule has 2 N–H and O–H groups in total. The molecule has 1 saturated heterocycles. The fourth-order valence-electron chi connectivity index (χ4n) is 2.38. The van der Waals surface area contributed by atoms with Gasteiger partial charge in [0, 0.05) is 32.0 Å². The number of piperidine rings is 1. The summed E-state index contributed by atoms with van der Waals surface area (Å²) in [5, 5.41) is 14.6. The molecule has 1 aliphatic heterocycles. The monoisotopic (exact) mass is 373 g/mol. The maximum absolute atomic E-state index is 14.5. The second-order valence-electron chi connectivity index (χ2n) is 5.75. The molecule has 1 aromatic rings. The van der Waals surface area contributed by atoms with Crippen LogP contribution in [0.1, 0.15) is 36.0 Å². The molecule has 0 unspecified atom stereocenters. The van der Waals surface area contributed by atoms with Gasteiger partial charge in [0.05, 0.1) is 13.2 Å². The zero-order valence-electron chi connectivity index (χ0n) is 14.2. The van der Waals surface area contributed by atoms with Gasteiger partial charge < -0.3 is 29.3 Å². The van der Waals surface area contributed by atoms with E-state index < -0.39 is 23.8 Å². The number of amides is 2. The SMILES string of the molecule is CCOC(=O)c1cc(COC(=O)NCC2(F)CCN(C(=O)O)CC2)on1. The van der Waals surface area contributed by atoms with Gasteiger partial charge in [-0.2, -0.15) is 0 Å². The van der Waals surface area contributed by atoms with Crippen LogP contribution in [0.25, 0.3) is 0 Å². The number of likely N-dealkylation sites (tertiary alicyclic amines) is 1. The Hall–Kier alpha value is -2.85. The van der Waals surface area contributed by atoms with E-state index in [9.17, 15) is 18.8 Å². The number of aromatic nitrogens is 1. The van der Waals surface area contributed by atoms with E-state index >= 15 is 0 Å². The summed E-state index contributed by atoms with van der Waals surface area (Å²) in [6, 6.07) is 1.28. The molecule has 144 valence electrons. The summed E-state index contributed by atoms with van der Waals surface area (Å²) < 4.78 is 29.0. The van der Waals surface area contributed by atoms with E-state index in [1.165, 1.54) is 6.07 Å². The van der Waals surface area contributed by atoms with Gasteiger partial charge in [-0.1, -0.05) is 5.16 Å². The molecule has 0 atom stereocenters. The topological polar surface area (TPSA) is 131 Å². The molecule has 2 rings (SSSR count).